The summed E-state index contributed by atoms with van der Waals surface area (Å²) in [5.41, 5.74) is 12.8. The van der Waals surface area contributed by atoms with E-state index in [1.54, 1.807) is 0 Å². The smallest absolute Gasteiger partial charge is 0.131 e. The van der Waals surface area contributed by atoms with Gasteiger partial charge < -0.3 is 4.74 Å². The first-order chi connectivity index (χ1) is 17.9. The van der Waals surface area contributed by atoms with Gasteiger partial charge in [-0.2, -0.15) is 0 Å². The van der Waals surface area contributed by atoms with Crippen LogP contribution in [0, 0.1) is 0 Å². The molecule has 0 spiro atoms. The predicted molar refractivity (Wildman–Crippen MR) is 154 cm³/mol. The molecule has 0 radical (unpaired) electrons. The van der Waals surface area contributed by atoms with Gasteiger partial charge in [0.2, 0.25) is 0 Å². The summed E-state index contributed by atoms with van der Waals surface area (Å²) in [6, 6.07) is 39.6. The third-order valence-corrected chi connectivity index (χ3v) is 8.57. The molecular formula is C36H30O. The SMILES string of the molecule is CC1(C)c2ccccc2Oc2ccc(-c3ccccc3-c3cccc4c3-c3ccccc3C4(C)C)cc21. The molecular weight excluding hydrogens is 448 g/mol. The van der Waals surface area contributed by atoms with E-state index in [9.17, 15) is 0 Å². The Morgan fingerprint density at radius 2 is 1.00 bits per heavy atom. The maximum absolute atomic E-state index is 6.34. The average Bonchev–Trinajstić information content (AvgIpc) is 3.16. The average molecular weight is 479 g/mol. The number of hydrogen-bond donors (Lipinski definition) is 0. The van der Waals surface area contributed by atoms with Gasteiger partial charge in [0.15, 0.2) is 0 Å². The largest absolute Gasteiger partial charge is 0.457 e. The van der Waals surface area contributed by atoms with Crippen molar-refractivity contribution in [1.82, 2.24) is 0 Å². The third-order valence-electron chi connectivity index (χ3n) is 8.57. The molecule has 1 heteroatoms. The summed E-state index contributed by atoms with van der Waals surface area (Å²) in [7, 11) is 0. The van der Waals surface area contributed by atoms with E-state index < -0.39 is 0 Å². The summed E-state index contributed by atoms with van der Waals surface area (Å²) in [5.74, 6) is 1.90. The Bertz CT molecular complexity index is 1700. The molecule has 0 unspecified atom stereocenters. The molecule has 2 aliphatic rings. The highest BCUT2D eigenvalue weighted by molar-refractivity contribution is 5.97. The summed E-state index contributed by atoms with van der Waals surface area (Å²) < 4.78 is 6.34. The van der Waals surface area contributed by atoms with Gasteiger partial charge in [0, 0.05) is 22.0 Å². The van der Waals surface area contributed by atoms with Crippen molar-refractivity contribution in [3.8, 4) is 44.9 Å². The minimum atomic E-state index is -0.147. The summed E-state index contributed by atoms with van der Waals surface area (Å²) in [5, 5.41) is 0. The molecule has 0 atom stereocenters. The molecule has 5 aromatic carbocycles. The Hall–Kier alpha value is -4.10. The van der Waals surface area contributed by atoms with Crippen molar-refractivity contribution in [2.75, 3.05) is 0 Å². The maximum atomic E-state index is 6.34. The molecule has 7 rings (SSSR count). The fourth-order valence-corrected chi connectivity index (χ4v) is 6.56. The van der Waals surface area contributed by atoms with Crippen LogP contribution in [0.25, 0.3) is 33.4 Å². The van der Waals surface area contributed by atoms with Gasteiger partial charge in [-0.05, 0) is 62.7 Å². The first-order valence-corrected chi connectivity index (χ1v) is 13.1. The molecule has 180 valence electrons. The van der Waals surface area contributed by atoms with Gasteiger partial charge >= 0.3 is 0 Å². The highest BCUT2D eigenvalue weighted by Crippen LogP contribution is 2.53. The minimum absolute atomic E-state index is 0.0164. The van der Waals surface area contributed by atoms with Crippen LogP contribution in [0.1, 0.15) is 49.9 Å². The van der Waals surface area contributed by atoms with E-state index in [0.717, 1.165) is 11.5 Å². The molecule has 1 aliphatic heterocycles. The van der Waals surface area contributed by atoms with E-state index in [4.69, 9.17) is 4.74 Å². The summed E-state index contributed by atoms with van der Waals surface area (Å²) in [6.45, 7) is 9.28. The van der Waals surface area contributed by atoms with Gasteiger partial charge in [-0.25, -0.2) is 0 Å². The molecule has 0 amide bonds. The zero-order chi connectivity index (χ0) is 25.4. The molecule has 1 aliphatic carbocycles. The van der Waals surface area contributed by atoms with Crippen LogP contribution < -0.4 is 4.74 Å². The van der Waals surface area contributed by atoms with Gasteiger partial charge in [0.25, 0.3) is 0 Å². The number of para-hydroxylation sites is 1. The second-order valence-electron chi connectivity index (χ2n) is 11.4. The van der Waals surface area contributed by atoms with Crippen LogP contribution in [0.5, 0.6) is 11.5 Å². The van der Waals surface area contributed by atoms with Gasteiger partial charge in [-0.3, -0.25) is 0 Å². The molecule has 0 bridgehead atoms. The normalized spacial score (nSPS) is 15.7. The van der Waals surface area contributed by atoms with E-state index in [1.165, 1.54) is 55.6 Å². The highest BCUT2D eigenvalue weighted by atomic mass is 16.5. The summed E-state index contributed by atoms with van der Waals surface area (Å²) in [4.78, 5) is 0. The zero-order valence-electron chi connectivity index (χ0n) is 21.8. The Kier molecular flexibility index (Phi) is 4.60. The van der Waals surface area contributed by atoms with Gasteiger partial charge in [0.05, 0.1) is 0 Å². The molecule has 0 saturated heterocycles. The van der Waals surface area contributed by atoms with Crippen molar-refractivity contribution in [1.29, 1.82) is 0 Å². The standard InChI is InChI=1S/C36H30O/c1-35(2)28-16-8-7-14-27(28)34-26(15-11-18-30(34)35)25-13-6-5-12-24(25)23-20-21-33-31(22-23)36(3,4)29-17-9-10-19-32(29)37-33/h5-22H,1-4H3. The number of fused-ring (bicyclic) bond motifs is 5. The van der Waals surface area contributed by atoms with Gasteiger partial charge in [-0.1, -0.05) is 119 Å². The quantitative estimate of drug-likeness (QED) is 0.245. The van der Waals surface area contributed by atoms with E-state index in [-0.39, 0.29) is 10.8 Å². The van der Waals surface area contributed by atoms with Crippen molar-refractivity contribution >= 4 is 0 Å². The van der Waals surface area contributed by atoms with E-state index >= 15 is 0 Å². The molecule has 0 N–H and O–H groups in total. The van der Waals surface area contributed by atoms with Crippen LogP contribution in [-0.4, -0.2) is 0 Å². The molecule has 1 nitrogen and oxygen atoms in total. The Morgan fingerprint density at radius 3 is 1.81 bits per heavy atom. The van der Waals surface area contributed by atoms with Crippen LogP contribution in [0.3, 0.4) is 0 Å². The fraction of sp³-hybridized carbons (Fsp3) is 0.167. The van der Waals surface area contributed by atoms with Crippen LogP contribution in [0.4, 0.5) is 0 Å². The Labute approximate surface area is 219 Å². The minimum Gasteiger partial charge on any atom is -0.457 e. The Morgan fingerprint density at radius 1 is 0.432 bits per heavy atom. The second-order valence-corrected chi connectivity index (χ2v) is 11.4. The first-order valence-electron chi connectivity index (χ1n) is 13.1. The highest BCUT2D eigenvalue weighted by Gasteiger charge is 2.37. The predicted octanol–water partition coefficient (Wildman–Crippen LogP) is 9.76. The number of benzene rings is 5. The maximum Gasteiger partial charge on any atom is 0.131 e. The summed E-state index contributed by atoms with van der Waals surface area (Å²) in [6.07, 6.45) is 0. The van der Waals surface area contributed by atoms with Crippen molar-refractivity contribution in [3.63, 3.8) is 0 Å². The second kappa shape index (κ2) is 7.70. The van der Waals surface area contributed by atoms with E-state index in [2.05, 4.69) is 131 Å². The summed E-state index contributed by atoms with van der Waals surface area (Å²) >= 11 is 0. The lowest BCUT2D eigenvalue weighted by Gasteiger charge is -2.34. The van der Waals surface area contributed by atoms with Crippen molar-refractivity contribution in [2.45, 2.75) is 38.5 Å². The van der Waals surface area contributed by atoms with Crippen LogP contribution in [0.2, 0.25) is 0 Å². The van der Waals surface area contributed by atoms with Gasteiger partial charge in [-0.15, -0.1) is 0 Å². The van der Waals surface area contributed by atoms with Crippen molar-refractivity contribution in [2.24, 2.45) is 0 Å². The van der Waals surface area contributed by atoms with Crippen LogP contribution in [0.15, 0.2) is 109 Å². The molecule has 0 fully saturated rings. The molecule has 1 heterocycles. The lowest BCUT2D eigenvalue weighted by atomic mass is 9.75. The van der Waals surface area contributed by atoms with Gasteiger partial charge in [0.1, 0.15) is 11.5 Å². The monoisotopic (exact) mass is 478 g/mol. The fourth-order valence-electron chi connectivity index (χ4n) is 6.56. The lowest BCUT2D eigenvalue weighted by molar-refractivity contribution is 0.418. The van der Waals surface area contributed by atoms with Crippen molar-refractivity contribution in [3.05, 3.63) is 131 Å². The van der Waals surface area contributed by atoms with Crippen molar-refractivity contribution < 1.29 is 4.74 Å². The van der Waals surface area contributed by atoms with E-state index in [1.807, 2.05) is 6.07 Å². The van der Waals surface area contributed by atoms with Crippen LogP contribution >= 0.6 is 0 Å². The molecule has 0 aromatic heterocycles. The number of rotatable bonds is 2. The lowest BCUT2D eigenvalue weighted by Crippen LogP contribution is -2.24. The topological polar surface area (TPSA) is 9.23 Å². The zero-order valence-corrected chi connectivity index (χ0v) is 21.8. The Balaban J connectivity index is 1.42. The van der Waals surface area contributed by atoms with E-state index in [0.29, 0.717) is 0 Å². The molecule has 0 saturated carbocycles. The number of ether oxygens (including phenoxy) is 1. The third kappa shape index (κ3) is 3.10. The van der Waals surface area contributed by atoms with Crippen LogP contribution in [-0.2, 0) is 10.8 Å². The molecule has 5 aromatic rings. The first kappa shape index (κ1) is 22.1. The molecule has 37 heavy (non-hydrogen) atoms. The number of hydrogen-bond acceptors (Lipinski definition) is 1.